The lowest BCUT2D eigenvalue weighted by atomic mass is 10.0. The van der Waals surface area contributed by atoms with Crippen molar-refractivity contribution in [2.45, 2.75) is 31.3 Å². The maximum Gasteiger partial charge on any atom is 0.268 e. The van der Waals surface area contributed by atoms with Crippen LogP contribution in [0, 0.1) is 0 Å². The molecule has 2 heterocycles. The number of carbonyl (C=O) groups is 3. The van der Waals surface area contributed by atoms with Crippen LogP contribution in [0.15, 0.2) is 65.8 Å². The summed E-state index contributed by atoms with van der Waals surface area (Å²) in [6.07, 6.45) is 1.84. The third-order valence-electron chi connectivity index (χ3n) is 5.90. The van der Waals surface area contributed by atoms with Gasteiger partial charge in [0.1, 0.15) is 11.8 Å². The lowest BCUT2D eigenvalue weighted by Gasteiger charge is -2.23. The van der Waals surface area contributed by atoms with E-state index in [-0.39, 0.29) is 30.3 Å². The van der Waals surface area contributed by atoms with Crippen molar-refractivity contribution in [3.05, 3.63) is 66.2 Å². The van der Waals surface area contributed by atoms with E-state index in [0.717, 1.165) is 17.7 Å². The van der Waals surface area contributed by atoms with Gasteiger partial charge in [0.2, 0.25) is 11.8 Å². The predicted octanol–water partition coefficient (Wildman–Crippen LogP) is 1.85. The fourth-order valence-electron chi connectivity index (χ4n) is 4.26. The highest BCUT2D eigenvalue weighted by molar-refractivity contribution is 6.40. The Balaban J connectivity index is 1.45. The molecule has 0 spiro atoms. The fourth-order valence-corrected chi connectivity index (χ4v) is 4.26. The molecular weight excluding hydrogens is 406 g/mol. The van der Waals surface area contributed by atoms with Gasteiger partial charge < -0.3 is 15.5 Å². The van der Waals surface area contributed by atoms with Crippen LogP contribution >= 0.6 is 0 Å². The van der Waals surface area contributed by atoms with E-state index in [2.05, 4.69) is 15.7 Å². The van der Waals surface area contributed by atoms with Crippen molar-refractivity contribution in [2.24, 2.45) is 5.10 Å². The predicted molar refractivity (Wildman–Crippen MR) is 122 cm³/mol. The number of likely N-dealkylation sites (tertiary alicyclic amines) is 1. The molecule has 2 atom stereocenters. The number of amides is 3. The summed E-state index contributed by atoms with van der Waals surface area (Å²) in [5, 5.41) is 11.8. The molecule has 2 aliphatic rings. The van der Waals surface area contributed by atoms with Gasteiger partial charge in [-0.3, -0.25) is 19.4 Å². The van der Waals surface area contributed by atoms with Crippen LogP contribution in [-0.2, 0) is 14.4 Å². The summed E-state index contributed by atoms with van der Waals surface area (Å²) in [6, 6.07) is 19.1. The summed E-state index contributed by atoms with van der Waals surface area (Å²) >= 11 is 0. The molecule has 0 aromatic heterocycles. The SMILES string of the molecule is CNC(=O)C1CCCN1C(=O)CNC(=O)C1=NN(c2ccccc2)C(c2ccccc2)C1. The van der Waals surface area contributed by atoms with Gasteiger partial charge in [0.25, 0.3) is 5.91 Å². The Kier molecular flexibility index (Phi) is 6.49. The first kappa shape index (κ1) is 21.5. The summed E-state index contributed by atoms with van der Waals surface area (Å²) in [7, 11) is 1.56. The molecule has 2 aromatic rings. The highest BCUT2D eigenvalue weighted by atomic mass is 16.2. The first-order valence-electron chi connectivity index (χ1n) is 10.8. The molecule has 0 bridgehead atoms. The van der Waals surface area contributed by atoms with Crippen LogP contribution in [0.2, 0.25) is 0 Å². The zero-order valence-electron chi connectivity index (χ0n) is 18.0. The zero-order chi connectivity index (χ0) is 22.5. The molecule has 2 N–H and O–H groups in total. The van der Waals surface area contributed by atoms with Crippen LogP contribution < -0.4 is 15.6 Å². The van der Waals surface area contributed by atoms with E-state index in [1.807, 2.05) is 65.7 Å². The summed E-state index contributed by atoms with van der Waals surface area (Å²) < 4.78 is 0. The van der Waals surface area contributed by atoms with Crippen molar-refractivity contribution < 1.29 is 14.4 Å². The van der Waals surface area contributed by atoms with E-state index >= 15 is 0 Å². The second kappa shape index (κ2) is 9.64. The van der Waals surface area contributed by atoms with Crippen LogP contribution in [0.4, 0.5) is 5.69 Å². The van der Waals surface area contributed by atoms with Crippen molar-refractivity contribution in [2.75, 3.05) is 25.1 Å². The van der Waals surface area contributed by atoms with Crippen LogP contribution in [0.5, 0.6) is 0 Å². The van der Waals surface area contributed by atoms with Crippen LogP contribution in [0.3, 0.4) is 0 Å². The van der Waals surface area contributed by atoms with Gasteiger partial charge >= 0.3 is 0 Å². The van der Waals surface area contributed by atoms with E-state index in [1.165, 1.54) is 0 Å². The maximum absolute atomic E-state index is 12.9. The highest BCUT2D eigenvalue weighted by Gasteiger charge is 2.35. The Morgan fingerprint density at radius 1 is 1.03 bits per heavy atom. The molecule has 4 rings (SSSR count). The number of hydrogen-bond acceptors (Lipinski definition) is 5. The summed E-state index contributed by atoms with van der Waals surface area (Å²) in [6.45, 7) is 0.359. The number of hydrazone groups is 1. The normalized spacial score (nSPS) is 20.1. The van der Waals surface area contributed by atoms with E-state index in [9.17, 15) is 14.4 Å². The molecule has 8 nitrogen and oxygen atoms in total. The van der Waals surface area contributed by atoms with Crippen molar-refractivity contribution >= 4 is 29.1 Å². The average molecular weight is 434 g/mol. The Hall–Kier alpha value is -3.68. The maximum atomic E-state index is 12.9. The number of rotatable bonds is 6. The molecule has 2 unspecified atom stereocenters. The Morgan fingerprint density at radius 2 is 1.72 bits per heavy atom. The van der Waals surface area contributed by atoms with Gasteiger partial charge in [0, 0.05) is 20.0 Å². The van der Waals surface area contributed by atoms with Crippen molar-refractivity contribution in [3.8, 4) is 0 Å². The monoisotopic (exact) mass is 433 g/mol. The van der Waals surface area contributed by atoms with Gasteiger partial charge in [-0.1, -0.05) is 48.5 Å². The molecule has 0 saturated carbocycles. The molecule has 32 heavy (non-hydrogen) atoms. The minimum Gasteiger partial charge on any atom is -0.357 e. The molecule has 0 aliphatic carbocycles. The smallest absolute Gasteiger partial charge is 0.268 e. The van der Waals surface area contributed by atoms with E-state index in [4.69, 9.17) is 0 Å². The summed E-state index contributed by atoms with van der Waals surface area (Å²) in [5.41, 5.74) is 2.33. The van der Waals surface area contributed by atoms with E-state index < -0.39 is 6.04 Å². The van der Waals surface area contributed by atoms with Crippen molar-refractivity contribution in [3.63, 3.8) is 0 Å². The zero-order valence-corrected chi connectivity index (χ0v) is 18.0. The summed E-state index contributed by atoms with van der Waals surface area (Å²) in [5.74, 6) is -0.803. The van der Waals surface area contributed by atoms with Crippen molar-refractivity contribution in [1.82, 2.24) is 15.5 Å². The first-order valence-corrected chi connectivity index (χ1v) is 10.8. The molecule has 0 radical (unpaired) electrons. The molecule has 3 amide bonds. The lowest BCUT2D eigenvalue weighted by Crippen LogP contribution is -2.48. The quantitative estimate of drug-likeness (QED) is 0.727. The number of likely N-dealkylation sites (N-methyl/N-ethyl adjacent to an activating group) is 1. The van der Waals surface area contributed by atoms with Gasteiger partial charge in [0.15, 0.2) is 0 Å². The summed E-state index contributed by atoms with van der Waals surface area (Å²) in [4.78, 5) is 39.1. The Labute approximate surface area is 187 Å². The van der Waals surface area contributed by atoms with Gasteiger partial charge in [-0.15, -0.1) is 0 Å². The van der Waals surface area contributed by atoms with Gasteiger partial charge in [-0.2, -0.15) is 5.10 Å². The topological polar surface area (TPSA) is 94.1 Å². The third-order valence-corrected chi connectivity index (χ3v) is 5.90. The number of nitrogens with zero attached hydrogens (tertiary/aromatic N) is 3. The molecule has 2 aromatic carbocycles. The van der Waals surface area contributed by atoms with Crippen molar-refractivity contribution in [1.29, 1.82) is 0 Å². The molecular formula is C24H27N5O3. The Morgan fingerprint density at radius 3 is 2.41 bits per heavy atom. The average Bonchev–Trinajstić information content (AvgIpc) is 3.51. The Bertz CT molecular complexity index is 1010. The molecule has 166 valence electrons. The number of carbonyl (C=O) groups excluding carboxylic acids is 3. The second-order valence-electron chi connectivity index (χ2n) is 7.90. The van der Waals surface area contributed by atoms with Gasteiger partial charge in [-0.05, 0) is 30.5 Å². The lowest BCUT2D eigenvalue weighted by molar-refractivity contribution is -0.138. The minimum absolute atomic E-state index is 0.105. The molecule has 8 heteroatoms. The molecule has 2 aliphatic heterocycles. The van der Waals surface area contributed by atoms with E-state index in [0.29, 0.717) is 25.1 Å². The van der Waals surface area contributed by atoms with Gasteiger partial charge in [0.05, 0.1) is 18.3 Å². The first-order chi connectivity index (χ1) is 15.6. The van der Waals surface area contributed by atoms with Gasteiger partial charge in [-0.25, -0.2) is 0 Å². The number of para-hydroxylation sites is 1. The third kappa shape index (κ3) is 4.49. The number of nitrogens with one attached hydrogen (secondary N) is 2. The largest absolute Gasteiger partial charge is 0.357 e. The molecule has 1 saturated heterocycles. The molecule has 1 fully saturated rings. The number of benzene rings is 2. The highest BCUT2D eigenvalue weighted by Crippen LogP contribution is 2.35. The van der Waals surface area contributed by atoms with Crippen LogP contribution in [-0.4, -0.2) is 54.5 Å². The minimum atomic E-state index is -0.468. The fraction of sp³-hybridized carbons (Fsp3) is 0.333. The second-order valence-corrected chi connectivity index (χ2v) is 7.90. The number of hydrogen-bond donors (Lipinski definition) is 2. The van der Waals surface area contributed by atoms with Crippen LogP contribution in [0.25, 0.3) is 0 Å². The number of anilines is 1. The van der Waals surface area contributed by atoms with Crippen LogP contribution in [0.1, 0.15) is 30.9 Å². The van der Waals surface area contributed by atoms with E-state index in [1.54, 1.807) is 11.9 Å². The standard InChI is InChI=1S/C24H27N5O3/c1-25-24(32)20-13-8-14-28(20)22(30)16-26-23(31)19-15-21(17-9-4-2-5-10-17)29(27-19)18-11-6-3-7-12-18/h2-7,9-12,20-21H,8,13-16H2,1H3,(H,25,32)(H,26,31).